The summed E-state index contributed by atoms with van der Waals surface area (Å²) in [5.74, 6) is 0.282. The van der Waals surface area contributed by atoms with E-state index >= 15 is 0 Å². The number of aliphatic hydroxyl groups excluding tert-OH is 4. The van der Waals surface area contributed by atoms with Crippen LogP contribution in [0.4, 0.5) is 0 Å². The number of aliphatic hydroxyl groups is 4. The summed E-state index contributed by atoms with van der Waals surface area (Å²) in [6, 6.07) is 8.88. The molecule has 1 aromatic heterocycles. The molecule has 11 nitrogen and oxygen atoms in total. The summed E-state index contributed by atoms with van der Waals surface area (Å²) in [5.41, 5.74) is 0.116. The highest BCUT2D eigenvalue weighted by Crippen LogP contribution is 2.42. The lowest BCUT2D eigenvalue weighted by molar-refractivity contribution is -0.277. The van der Waals surface area contributed by atoms with Gasteiger partial charge in [-0.3, -0.25) is 4.79 Å². The first-order valence-electron chi connectivity index (χ1n) is 10.3. The maximum atomic E-state index is 12.7. The number of methoxy groups -OCH3 is 2. The lowest BCUT2D eigenvalue weighted by Gasteiger charge is -2.39. The van der Waals surface area contributed by atoms with Gasteiger partial charge in [0.05, 0.1) is 20.8 Å². The van der Waals surface area contributed by atoms with E-state index in [1.165, 1.54) is 38.5 Å². The highest BCUT2D eigenvalue weighted by atomic mass is 16.7. The van der Waals surface area contributed by atoms with Gasteiger partial charge >= 0.3 is 0 Å². The van der Waals surface area contributed by atoms with Crippen LogP contribution in [0.3, 0.4) is 0 Å². The van der Waals surface area contributed by atoms with Crippen molar-refractivity contribution in [3.8, 4) is 34.3 Å². The predicted molar refractivity (Wildman–Crippen MR) is 117 cm³/mol. The second-order valence-corrected chi connectivity index (χ2v) is 7.65. The van der Waals surface area contributed by atoms with Gasteiger partial charge in [-0.25, -0.2) is 0 Å². The molecule has 5 atom stereocenters. The fourth-order valence-corrected chi connectivity index (χ4v) is 3.75. The standard InChI is InChI=1S/C23H24O11/c1-30-15-8-14-17(19(27)22(15)31-2)12(25)7-13(33-14)10-3-5-11(6-4-10)32-23-21(29)20(28)18(26)16(9-24)34-23/h3-8,16,18,20-21,23-24,26-29H,9H2,1-2H3/t16?,18-,20?,21?,23-/m1/s1. The van der Waals surface area contributed by atoms with E-state index in [4.69, 9.17) is 23.4 Å². The summed E-state index contributed by atoms with van der Waals surface area (Å²) in [7, 11) is 2.73. The average Bonchev–Trinajstić information content (AvgIpc) is 2.84. The molecule has 1 saturated heterocycles. The van der Waals surface area contributed by atoms with Crippen LogP contribution in [0.1, 0.15) is 0 Å². The summed E-state index contributed by atoms with van der Waals surface area (Å²) >= 11 is 0. The Morgan fingerprint density at radius 1 is 0.971 bits per heavy atom. The van der Waals surface area contributed by atoms with Crippen LogP contribution in [-0.2, 0) is 4.74 Å². The van der Waals surface area contributed by atoms with Gasteiger partial charge in [-0.15, -0.1) is 0 Å². The minimum absolute atomic E-state index is 0.0183. The van der Waals surface area contributed by atoms with Crippen molar-refractivity contribution < 1.29 is 48.9 Å². The van der Waals surface area contributed by atoms with Crippen molar-refractivity contribution in [3.05, 3.63) is 46.6 Å². The molecular weight excluding hydrogens is 452 g/mol. The third-order valence-corrected chi connectivity index (χ3v) is 5.58. The normalized spacial score (nSPS) is 24.7. The number of ether oxygens (including phenoxy) is 4. The number of phenols is 1. The van der Waals surface area contributed by atoms with Gasteiger partial charge in [-0.1, -0.05) is 0 Å². The number of rotatable bonds is 6. The van der Waals surface area contributed by atoms with Gasteiger partial charge in [0.15, 0.2) is 16.9 Å². The number of fused-ring (bicyclic) bond motifs is 1. The van der Waals surface area contributed by atoms with Crippen molar-refractivity contribution in [3.63, 3.8) is 0 Å². The molecule has 1 fully saturated rings. The van der Waals surface area contributed by atoms with Crippen molar-refractivity contribution in [1.29, 1.82) is 0 Å². The summed E-state index contributed by atoms with van der Waals surface area (Å²) in [6.45, 7) is -0.572. The maximum absolute atomic E-state index is 12.7. The summed E-state index contributed by atoms with van der Waals surface area (Å²) < 4.78 is 27.0. The van der Waals surface area contributed by atoms with Crippen LogP contribution in [0.25, 0.3) is 22.3 Å². The highest BCUT2D eigenvalue weighted by molar-refractivity contribution is 5.89. The smallest absolute Gasteiger partial charge is 0.229 e. The van der Waals surface area contributed by atoms with Crippen LogP contribution in [0.15, 0.2) is 45.6 Å². The number of benzene rings is 2. The molecule has 0 radical (unpaired) electrons. The minimum Gasteiger partial charge on any atom is -0.504 e. The highest BCUT2D eigenvalue weighted by Gasteiger charge is 2.44. The molecule has 1 aliphatic rings. The van der Waals surface area contributed by atoms with E-state index in [1.807, 2.05) is 0 Å². The molecule has 0 aliphatic carbocycles. The quantitative estimate of drug-likeness (QED) is 0.333. The van der Waals surface area contributed by atoms with Gasteiger partial charge in [0.1, 0.15) is 46.9 Å². The first-order chi connectivity index (χ1) is 16.3. The molecule has 0 spiro atoms. The van der Waals surface area contributed by atoms with E-state index in [2.05, 4.69) is 0 Å². The first kappa shape index (κ1) is 23.8. The van der Waals surface area contributed by atoms with Gasteiger partial charge in [0, 0.05) is 17.7 Å². The second-order valence-electron chi connectivity index (χ2n) is 7.65. The van der Waals surface area contributed by atoms with Gasteiger partial charge < -0.3 is 48.9 Å². The zero-order chi connectivity index (χ0) is 24.6. The third kappa shape index (κ3) is 4.15. The van der Waals surface area contributed by atoms with Gasteiger partial charge in [-0.05, 0) is 24.3 Å². The molecule has 11 heteroatoms. The molecule has 2 heterocycles. The van der Waals surface area contributed by atoms with E-state index in [0.29, 0.717) is 5.56 Å². The van der Waals surface area contributed by atoms with Crippen LogP contribution in [0, 0.1) is 0 Å². The molecule has 4 rings (SSSR count). The molecule has 3 unspecified atom stereocenters. The molecule has 182 valence electrons. The number of hydrogen-bond acceptors (Lipinski definition) is 11. The molecule has 3 aromatic rings. The molecule has 2 aromatic carbocycles. The Bertz CT molecular complexity index is 1220. The van der Waals surface area contributed by atoms with Gasteiger partial charge in [-0.2, -0.15) is 0 Å². The monoisotopic (exact) mass is 476 g/mol. The fraction of sp³-hybridized carbons (Fsp3) is 0.348. The van der Waals surface area contributed by atoms with Crippen LogP contribution in [0.5, 0.6) is 23.0 Å². The van der Waals surface area contributed by atoms with E-state index in [1.54, 1.807) is 12.1 Å². The summed E-state index contributed by atoms with van der Waals surface area (Å²) in [5, 5.41) is 49.5. The van der Waals surface area contributed by atoms with E-state index in [9.17, 15) is 30.3 Å². The zero-order valence-corrected chi connectivity index (χ0v) is 18.2. The molecule has 0 amide bonds. The van der Waals surface area contributed by atoms with Gasteiger partial charge in [0.2, 0.25) is 12.0 Å². The Hall–Kier alpha value is -3.35. The maximum Gasteiger partial charge on any atom is 0.229 e. The Morgan fingerprint density at radius 2 is 1.68 bits per heavy atom. The number of phenolic OH excluding ortho intramolecular Hbond substituents is 1. The van der Waals surface area contributed by atoms with Crippen molar-refractivity contribution >= 4 is 11.0 Å². The Labute approximate surface area is 192 Å². The third-order valence-electron chi connectivity index (χ3n) is 5.58. The lowest BCUT2D eigenvalue weighted by atomic mass is 9.99. The average molecular weight is 476 g/mol. The molecule has 34 heavy (non-hydrogen) atoms. The summed E-state index contributed by atoms with van der Waals surface area (Å²) in [4.78, 5) is 12.7. The predicted octanol–water partition coefficient (Wildman–Crippen LogP) is 0.361. The minimum atomic E-state index is -1.56. The number of hydrogen-bond donors (Lipinski definition) is 5. The Kier molecular flexibility index (Phi) is 6.64. The first-order valence-corrected chi connectivity index (χ1v) is 10.3. The Balaban J connectivity index is 1.62. The van der Waals surface area contributed by atoms with Crippen LogP contribution >= 0.6 is 0 Å². The molecule has 0 bridgehead atoms. The largest absolute Gasteiger partial charge is 0.504 e. The SMILES string of the molecule is COc1cc2oc(-c3ccc(O[C@@H]4OC(CO)[C@@H](O)C(O)C4O)cc3)cc(=O)c2c(O)c1OC. The van der Waals surface area contributed by atoms with Crippen LogP contribution in [-0.4, -0.2) is 77.1 Å². The fourth-order valence-electron chi connectivity index (χ4n) is 3.75. The topological polar surface area (TPSA) is 168 Å². The lowest BCUT2D eigenvalue weighted by Crippen LogP contribution is -2.60. The van der Waals surface area contributed by atoms with Crippen molar-refractivity contribution in [1.82, 2.24) is 0 Å². The Morgan fingerprint density at radius 3 is 2.29 bits per heavy atom. The van der Waals surface area contributed by atoms with Crippen molar-refractivity contribution in [2.75, 3.05) is 20.8 Å². The number of aromatic hydroxyl groups is 1. The molecule has 5 N–H and O–H groups in total. The second kappa shape index (κ2) is 9.49. The van der Waals surface area contributed by atoms with Crippen LogP contribution < -0.4 is 19.6 Å². The molecular formula is C23H24O11. The van der Waals surface area contributed by atoms with E-state index in [0.717, 1.165) is 0 Å². The molecule has 0 saturated carbocycles. The van der Waals surface area contributed by atoms with Gasteiger partial charge in [0.25, 0.3) is 0 Å². The van der Waals surface area contributed by atoms with E-state index in [-0.39, 0.29) is 39.7 Å². The van der Waals surface area contributed by atoms with E-state index < -0.39 is 42.7 Å². The van der Waals surface area contributed by atoms with Crippen LogP contribution in [0.2, 0.25) is 0 Å². The van der Waals surface area contributed by atoms with Crippen molar-refractivity contribution in [2.24, 2.45) is 0 Å². The van der Waals surface area contributed by atoms with Crippen molar-refractivity contribution in [2.45, 2.75) is 30.7 Å². The molecule has 1 aliphatic heterocycles. The summed E-state index contributed by atoms with van der Waals surface area (Å²) in [6.07, 6.45) is -7.02. The zero-order valence-electron chi connectivity index (χ0n) is 18.2.